The summed E-state index contributed by atoms with van der Waals surface area (Å²) in [7, 11) is 0. The van der Waals surface area contributed by atoms with Crippen LogP contribution in [0.4, 0.5) is 0 Å². The van der Waals surface area contributed by atoms with E-state index in [1.54, 1.807) is 11.9 Å². The summed E-state index contributed by atoms with van der Waals surface area (Å²) in [5, 5.41) is 0. The van der Waals surface area contributed by atoms with Crippen LogP contribution in [-0.2, 0) is 0 Å². The van der Waals surface area contributed by atoms with Gasteiger partial charge in [-0.3, -0.25) is 4.31 Å². The average molecular weight is 312 g/mol. The van der Waals surface area contributed by atoms with E-state index in [2.05, 4.69) is 53.0 Å². The first-order valence-corrected chi connectivity index (χ1v) is 7.17. The molecule has 1 fully saturated rings. The van der Waals surface area contributed by atoms with E-state index < -0.39 is 0 Å². The molecule has 0 aromatic heterocycles. The fourth-order valence-electron chi connectivity index (χ4n) is 1.83. The first-order valence-electron chi connectivity index (χ1n) is 5.60. The number of nitrogens with zero attached hydrogens (tertiary/aromatic N) is 1. The van der Waals surface area contributed by atoms with Crippen LogP contribution in [-0.4, -0.2) is 4.31 Å². The Kier molecular flexibility index (Phi) is 5.34. The van der Waals surface area contributed by atoms with Gasteiger partial charge in [-0.2, -0.15) is 0 Å². The first kappa shape index (κ1) is 14.4. The van der Waals surface area contributed by atoms with Gasteiger partial charge in [0.15, 0.2) is 0 Å². The molecule has 0 radical (unpaired) electrons. The molecule has 1 heterocycles. The summed E-state index contributed by atoms with van der Waals surface area (Å²) in [4.78, 5) is 1.06. The molecule has 3 heteroatoms. The van der Waals surface area contributed by atoms with E-state index in [1.807, 2.05) is 13.0 Å². The molecule has 92 valence electrons. The Morgan fingerprint density at radius 3 is 2.59 bits per heavy atom. The van der Waals surface area contributed by atoms with Crippen molar-refractivity contribution in [1.82, 2.24) is 4.31 Å². The van der Waals surface area contributed by atoms with Gasteiger partial charge in [-0.05, 0) is 46.8 Å². The van der Waals surface area contributed by atoms with Gasteiger partial charge < -0.3 is 0 Å². The SMILES string of the molecule is C=C/C(CCC)=C1/C(=C)SN(C(=C)Br)/C1=C/C. The summed E-state index contributed by atoms with van der Waals surface area (Å²) in [6.45, 7) is 16.2. The van der Waals surface area contributed by atoms with E-state index in [-0.39, 0.29) is 0 Å². The molecule has 1 saturated heterocycles. The largest absolute Gasteiger partial charge is 0.274 e. The Bertz CT molecular complexity index is 418. The summed E-state index contributed by atoms with van der Waals surface area (Å²) < 4.78 is 2.89. The molecule has 0 atom stereocenters. The van der Waals surface area contributed by atoms with Crippen LogP contribution in [0.3, 0.4) is 0 Å². The number of rotatable bonds is 4. The Labute approximate surface area is 117 Å². The van der Waals surface area contributed by atoms with Crippen LogP contribution >= 0.6 is 27.9 Å². The topological polar surface area (TPSA) is 3.24 Å². The normalized spacial score (nSPS) is 21.0. The predicted octanol–water partition coefficient (Wildman–Crippen LogP) is 5.52. The lowest BCUT2D eigenvalue weighted by Crippen LogP contribution is -2.05. The molecule has 0 aromatic carbocycles. The molecule has 17 heavy (non-hydrogen) atoms. The second-order valence-corrected chi connectivity index (χ2v) is 5.67. The number of hydrogen-bond acceptors (Lipinski definition) is 2. The molecule has 0 aromatic rings. The summed E-state index contributed by atoms with van der Waals surface area (Å²) in [5.74, 6) is 0. The minimum atomic E-state index is 0.840. The average Bonchev–Trinajstić information content (AvgIpc) is 2.63. The maximum absolute atomic E-state index is 4.13. The van der Waals surface area contributed by atoms with Crippen LogP contribution in [0.2, 0.25) is 0 Å². The fraction of sp³-hybridized carbons (Fsp3) is 0.286. The molecule has 1 aliphatic rings. The maximum atomic E-state index is 4.13. The molecule has 0 N–H and O–H groups in total. The van der Waals surface area contributed by atoms with Gasteiger partial charge in [-0.15, -0.1) is 0 Å². The molecule has 0 bridgehead atoms. The predicted molar refractivity (Wildman–Crippen MR) is 82.5 cm³/mol. The van der Waals surface area contributed by atoms with Crippen molar-refractivity contribution >= 4 is 27.9 Å². The molecule has 0 saturated carbocycles. The van der Waals surface area contributed by atoms with Crippen LogP contribution in [0.1, 0.15) is 26.7 Å². The second kappa shape index (κ2) is 6.31. The van der Waals surface area contributed by atoms with E-state index in [0.29, 0.717) is 0 Å². The quantitative estimate of drug-likeness (QED) is 0.497. The van der Waals surface area contributed by atoms with Crippen molar-refractivity contribution in [3.63, 3.8) is 0 Å². The molecule has 0 spiro atoms. The zero-order chi connectivity index (χ0) is 13.0. The van der Waals surface area contributed by atoms with Crippen LogP contribution < -0.4 is 0 Å². The van der Waals surface area contributed by atoms with E-state index in [4.69, 9.17) is 0 Å². The molecule has 0 unspecified atom stereocenters. The minimum absolute atomic E-state index is 0.840. The number of allylic oxidation sites excluding steroid dienone is 4. The highest BCUT2D eigenvalue weighted by Crippen LogP contribution is 2.48. The molecular weight excluding hydrogens is 294 g/mol. The summed E-state index contributed by atoms with van der Waals surface area (Å²) >= 11 is 5.03. The van der Waals surface area contributed by atoms with Gasteiger partial charge in [-0.25, -0.2) is 0 Å². The first-order chi connectivity index (χ1) is 8.06. The van der Waals surface area contributed by atoms with E-state index in [0.717, 1.165) is 28.1 Å². The van der Waals surface area contributed by atoms with E-state index >= 15 is 0 Å². The Morgan fingerprint density at radius 1 is 1.53 bits per heavy atom. The minimum Gasteiger partial charge on any atom is -0.274 e. The summed E-state index contributed by atoms with van der Waals surface area (Å²) in [6.07, 6.45) is 6.16. The van der Waals surface area contributed by atoms with Gasteiger partial charge in [0, 0.05) is 10.5 Å². The lowest BCUT2D eigenvalue weighted by atomic mass is 10.0. The van der Waals surface area contributed by atoms with Crippen molar-refractivity contribution in [2.45, 2.75) is 26.7 Å². The third-order valence-corrected chi connectivity index (χ3v) is 4.15. The molecule has 1 rings (SSSR count). The fourth-order valence-corrected chi connectivity index (χ4v) is 3.18. The Morgan fingerprint density at radius 2 is 2.18 bits per heavy atom. The smallest absolute Gasteiger partial charge is 0.0887 e. The molecule has 0 aliphatic carbocycles. The highest BCUT2D eigenvalue weighted by Gasteiger charge is 2.29. The molecule has 1 nitrogen and oxygen atoms in total. The highest BCUT2D eigenvalue weighted by molar-refractivity contribution is 9.11. The summed E-state index contributed by atoms with van der Waals surface area (Å²) in [6, 6.07) is 0. The summed E-state index contributed by atoms with van der Waals surface area (Å²) in [5.41, 5.74) is 3.61. The lowest BCUT2D eigenvalue weighted by molar-refractivity contribution is 0.790. The van der Waals surface area contributed by atoms with Crippen LogP contribution in [0.25, 0.3) is 0 Å². The standard InChI is InChI=1S/C14H18BrNS/c1-6-9-12(7-2)14-10(4)17-16(11(5)15)13(14)8-3/h7-8H,2,4-6,9H2,1,3H3/b13-8+,14-12+. The third-order valence-electron chi connectivity index (χ3n) is 2.54. The second-order valence-electron chi connectivity index (χ2n) is 3.71. The van der Waals surface area contributed by atoms with E-state index in [9.17, 15) is 0 Å². The van der Waals surface area contributed by atoms with Crippen molar-refractivity contribution in [2.24, 2.45) is 0 Å². The van der Waals surface area contributed by atoms with Gasteiger partial charge in [0.2, 0.25) is 0 Å². The lowest BCUT2D eigenvalue weighted by Gasteiger charge is -2.16. The van der Waals surface area contributed by atoms with Crippen molar-refractivity contribution in [3.05, 3.63) is 58.2 Å². The van der Waals surface area contributed by atoms with Gasteiger partial charge >= 0.3 is 0 Å². The van der Waals surface area contributed by atoms with E-state index in [1.165, 1.54) is 11.1 Å². The van der Waals surface area contributed by atoms with Crippen molar-refractivity contribution < 1.29 is 0 Å². The maximum Gasteiger partial charge on any atom is 0.0887 e. The molecule has 1 aliphatic heterocycles. The van der Waals surface area contributed by atoms with Gasteiger partial charge in [0.05, 0.1) is 10.3 Å². The van der Waals surface area contributed by atoms with Crippen LogP contribution in [0.15, 0.2) is 58.2 Å². The Hall–Kier alpha value is -0.670. The monoisotopic (exact) mass is 311 g/mol. The van der Waals surface area contributed by atoms with Crippen LogP contribution in [0, 0.1) is 0 Å². The molecular formula is C14H18BrNS. The van der Waals surface area contributed by atoms with Crippen molar-refractivity contribution in [1.29, 1.82) is 0 Å². The van der Waals surface area contributed by atoms with Crippen molar-refractivity contribution in [3.8, 4) is 0 Å². The highest BCUT2D eigenvalue weighted by atomic mass is 79.9. The zero-order valence-corrected chi connectivity index (χ0v) is 12.8. The van der Waals surface area contributed by atoms with Gasteiger partial charge in [0.1, 0.15) is 0 Å². The zero-order valence-electron chi connectivity index (χ0n) is 10.4. The van der Waals surface area contributed by atoms with Crippen LogP contribution in [0.5, 0.6) is 0 Å². The molecule has 0 amide bonds. The van der Waals surface area contributed by atoms with Gasteiger partial charge in [-0.1, -0.05) is 45.2 Å². The van der Waals surface area contributed by atoms with Crippen molar-refractivity contribution in [2.75, 3.05) is 0 Å². The number of hydrogen-bond donors (Lipinski definition) is 0. The van der Waals surface area contributed by atoms with Gasteiger partial charge in [0.25, 0.3) is 0 Å². The Balaban J connectivity index is 3.28. The number of halogens is 1. The third kappa shape index (κ3) is 2.96.